The van der Waals surface area contributed by atoms with E-state index in [9.17, 15) is 9.59 Å². The van der Waals surface area contributed by atoms with Crippen LogP contribution >= 0.6 is 23.4 Å². The molecule has 3 aromatic rings. The van der Waals surface area contributed by atoms with Gasteiger partial charge in [-0.25, -0.2) is 4.98 Å². The van der Waals surface area contributed by atoms with Crippen LogP contribution in [0.1, 0.15) is 12.0 Å². The number of carbonyl (C=O) groups excluding carboxylic acids is 2. The smallest absolute Gasteiger partial charge is 0.233 e. The maximum absolute atomic E-state index is 12.9. The van der Waals surface area contributed by atoms with Crippen LogP contribution in [0, 0.1) is 0 Å². The van der Waals surface area contributed by atoms with Crippen LogP contribution in [0.3, 0.4) is 0 Å². The molecule has 0 aliphatic rings. The Morgan fingerprint density at radius 2 is 1.93 bits per heavy atom. The Labute approximate surface area is 178 Å². The summed E-state index contributed by atoms with van der Waals surface area (Å²) in [4.78, 5) is 30.1. The average molecular weight is 429 g/mol. The van der Waals surface area contributed by atoms with E-state index in [2.05, 4.69) is 4.98 Å². The van der Waals surface area contributed by atoms with Crippen LogP contribution < -0.4 is 5.73 Å². The SMILES string of the molecule is NC(=O)CCN(Cc1ccccc1)C(=O)CSc1nccn1-c1cccc(Cl)c1. The fourth-order valence-electron chi connectivity index (χ4n) is 2.78. The molecule has 1 aromatic heterocycles. The molecule has 2 aromatic carbocycles. The first-order valence-electron chi connectivity index (χ1n) is 9.05. The van der Waals surface area contributed by atoms with Crippen LogP contribution in [-0.2, 0) is 16.1 Å². The maximum Gasteiger partial charge on any atom is 0.233 e. The van der Waals surface area contributed by atoms with Crippen LogP contribution in [0.25, 0.3) is 5.69 Å². The fourth-order valence-corrected chi connectivity index (χ4v) is 3.84. The number of nitrogens with two attached hydrogens (primary N) is 1. The second-order valence-electron chi connectivity index (χ2n) is 6.37. The molecule has 8 heteroatoms. The Kier molecular flexibility index (Phi) is 7.32. The predicted octanol–water partition coefficient (Wildman–Crippen LogP) is 3.52. The summed E-state index contributed by atoms with van der Waals surface area (Å²) in [6.07, 6.45) is 3.64. The van der Waals surface area contributed by atoms with Gasteiger partial charge in [0.1, 0.15) is 0 Å². The minimum atomic E-state index is -0.431. The molecule has 0 aliphatic carbocycles. The topological polar surface area (TPSA) is 81.2 Å². The average Bonchev–Trinajstić information content (AvgIpc) is 3.18. The van der Waals surface area contributed by atoms with E-state index in [1.807, 2.05) is 59.3 Å². The van der Waals surface area contributed by atoms with Gasteiger partial charge >= 0.3 is 0 Å². The van der Waals surface area contributed by atoms with E-state index >= 15 is 0 Å². The van der Waals surface area contributed by atoms with Gasteiger partial charge in [0.25, 0.3) is 0 Å². The number of imidazole rings is 1. The molecule has 0 fully saturated rings. The zero-order valence-corrected chi connectivity index (χ0v) is 17.3. The van der Waals surface area contributed by atoms with Crippen molar-refractivity contribution in [2.24, 2.45) is 5.73 Å². The Balaban J connectivity index is 1.68. The summed E-state index contributed by atoms with van der Waals surface area (Å²) in [6.45, 7) is 0.711. The second-order valence-corrected chi connectivity index (χ2v) is 7.74. The summed E-state index contributed by atoms with van der Waals surface area (Å²) in [5.41, 5.74) is 7.15. The Hall–Kier alpha value is -2.77. The first-order chi connectivity index (χ1) is 14.0. The molecule has 0 unspecified atom stereocenters. The van der Waals surface area contributed by atoms with Crippen LogP contribution in [0.4, 0.5) is 0 Å². The van der Waals surface area contributed by atoms with Gasteiger partial charge < -0.3 is 10.6 Å². The predicted molar refractivity (Wildman–Crippen MR) is 115 cm³/mol. The molecule has 0 aliphatic heterocycles. The molecular weight excluding hydrogens is 408 g/mol. The van der Waals surface area contributed by atoms with Crippen LogP contribution in [0.5, 0.6) is 0 Å². The molecule has 0 saturated heterocycles. The quantitative estimate of drug-likeness (QED) is 0.528. The van der Waals surface area contributed by atoms with Crippen LogP contribution in [0.15, 0.2) is 72.1 Å². The summed E-state index contributed by atoms with van der Waals surface area (Å²) in [5.74, 6) is -0.316. The minimum absolute atomic E-state index is 0.0826. The van der Waals surface area contributed by atoms with E-state index < -0.39 is 5.91 Å². The first kappa shape index (κ1) is 21.0. The molecule has 0 spiro atoms. The Morgan fingerprint density at radius 3 is 2.66 bits per heavy atom. The van der Waals surface area contributed by atoms with Gasteiger partial charge in [0.05, 0.1) is 5.75 Å². The van der Waals surface area contributed by atoms with Gasteiger partial charge in [-0.05, 0) is 23.8 Å². The molecule has 1 heterocycles. The summed E-state index contributed by atoms with van der Waals surface area (Å²) in [6, 6.07) is 17.1. The van der Waals surface area contributed by atoms with Gasteiger partial charge in [-0.3, -0.25) is 14.2 Å². The summed E-state index contributed by atoms with van der Waals surface area (Å²) in [7, 11) is 0. The number of nitrogens with zero attached hydrogens (tertiary/aromatic N) is 3. The molecule has 0 atom stereocenters. The van der Waals surface area contributed by atoms with Crippen molar-refractivity contribution >= 4 is 35.2 Å². The lowest BCUT2D eigenvalue weighted by Gasteiger charge is -2.22. The van der Waals surface area contributed by atoms with Crippen molar-refractivity contribution < 1.29 is 9.59 Å². The molecule has 150 valence electrons. The van der Waals surface area contributed by atoms with Crippen molar-refractivity contribution in [2.45, 2.75) is 18.1 Å². The van der Waals surface area contributed by atoms with E-state index in [4.69, 9.17) is 17.3 Å². The fraction of sp³-hybridized carbons (Fsp3) is 0.190. The summed E-state index contributed by atoms with van der Waals surface area (Å²) >= 11 is 7.42. The van der Waals surface area contributed by atoms with Gasteiger partial charge in [-0.1, -0.05) is 59.8 Å². The highest BCUT2D eigenvalue weighted by Crippen LogP contribution is 2.23. The zero-order chi connectivity index (χ0) is 20.6. The van der Waals surface area contributed by atoms with Crippen molar-refractivity contribution in [3.63, 3.8) is 0 Å². The third kappa shape index (κ3) is 6.10. The summed E-state index contributed by atoms with van der Waals surface area (Å²) in [5, 5.41) is 1.32. The van der Waals surface area contributed by atoms with Gasteiger partial charge in [-0.15, -0.1) is 0 Å². The van der Waals surface area contributed by atoms with Crippen molar-refractivity contribution in [1.82, 2.24) is 14.5 Å². The van der Waals surface area contributed by atoms with Crippen molar-refractivity contribution in [1.29, 1.82) is 0 Å². The van der Waals surface area contributed by atoms with E-state index in [0.717, 1.165) is 11.3 Å². The summed E-state index contributed by atoms with van der Waals surface area (Å²) < 4.78 is 1.88. The van der Waals surface area contributed by atoms with E-state index in [-0.39, 0.29) is 24.6 Å². The molecule has 2 N–H and O–H groups in total. The lowest BCUT2D eigenvalue weighted by atomic mass is 10.2. The number of rotatable bonds is 9. The molecule has 6 nitrogen and oxygen atoms in total. The van der Waals surface area contributed by atoms with Gasteiger partial charge in [-0.2, -0.15) is 0 Å². The lowest BCUT2D eigenvalue weighted by Crippen LogP contribution is -2.34. The molecule has 29 heavy (non-hydrogen) atoms. The number of amides is 2. The standard InChI is InChI=1S/C21H21ClN4O2S/c22-17-7-4-8-18(13-17)26-12-10-24-21(26)29-15-20(28)25(11-9-19(23)27)14-16-5-2-1-3-6-16/h1-8,10,12-13H,9,11,14-15H2,(H2,23,27). The third-order valence-corrected chi connectivity index (χ3v) is 5.40. The number of primary amides is 1. The third-order valence-electron chi connectivity index (χ3n) is 4.21. The molecule has 0 bridgehead atoms. The molecule has 0 radical (unpaired) electrons. The largest absolute Gasteiger partial charge is 0.370 e. The van der Waals surface area contributed by atoms with Gasteiger partial charge in [0.2, 0.25) is 11.8 Å². The van der Waals surface area contributed by atoms with E-state index in [1.54, 1.807) is 17.2 Å². The van der Waals surface area contributed by atoms with Crippen LogP contribution in [0.2, 0.25) is 5.02 Å². The first-order valence-corrected chi connectivity index (χ1v) is 10.4. The Morgan fingerprint density at radius 1 is 1.14 bits per heavy atom. The number of carbonyl (C=O) groups is 2. The van der Waals surface area contributed by atoms with Crippen molar-refractivity contribution in [3.8, 4) is 5.69 Å². The number of hydrogen-bond donors (Lipinski definition) is 1. The van der Waals surface area contributed by atoms with Crippen LogP contribution in [-0.4, -0.2) is 38.6 Å². The second kappa shape index (κ2) is 10.1. The highest BCUT2D eigenvalue weighted by molar-refractivity contribution is 7.99. The zero-order valence-electron chi connectivity index (χ0n) is 15.7. The lowest BCUT2D eigenvalue weighted by molar-refractivity contribution is -0.129. The maximum atomic E-state index is 12.9. The number of benzene rings is 2. The monoisotopic (exact) mass is 428 g/mol. The highest BCUT2D eigenvalue weighted by Gasteiger charge is 2.17. The van der Waals surface area contributed by atoms with Crippen molar-refractivity contribution in [3.05, 3.63) is 77.6 Å². The number of thioether (sulfide) groups is 1. The number of aromatic nitrogens is 2. The number of hydrogen-bond acceptors (Lipinski definition) is 4. The molecule has 3 rings (SSSR count). The molecule has 2 amide bonds. The normalized spacial score (nSPS) is 10.7. The van der Waals surface area contributed by atoms with E-state index in [1.165, 1.54) is 11.8 Å². The highest BCUT2D eigenvalue weighted by atomic mass is 35.5. The van der Waals surface area contributed by atoms with E-state index in [0.29, 0.717) is 16.7 Å². The molecular formula is C21H21ClN4O2S. The van der Waals surface area contributed by atoms with Gasteiger partial charge in [0, 0.05) is 42.6 Å². The number of halogens is 1. The van der Waals surface area contributed by atoms with Crippen molar-refractivity contribution in [2.75, 3.05) is 12.3 Å². The minimum Gasteiger partial charge on any atom is -0.370 e. The van der Waals surface area contributed by atoms with Gasteiger partial charge in [0.15, 0.2) is 5.16 Å². The Bertz CT molecular complexity index is 978. The molecule has 0 saturated carbocycles.